The van der Waals surface area contributed by atoms with Gasteiger partial charge in [-0.15, -0.1) is 0 Å². The molecule has 7 nitrogen and oxygen atoms in total. The summed E-state index contributed by atoms with van der Waals surface area (Å²) in [7, 11) is 1.58. The standard InChI is InChI=1S/C22H31N3O4/c1-17-4-7-19(8-5-17)25-22(27)16-29-20-9-6-18(14-21(20)28-2)15-24-11-3-10-23-12-13-26/h4-9,14,23-24,26H,3,10-13,15-16H2,1-2H3,(H,25,27). The summed E-state index contributed by atoms with van der Waals surface area (Å²) in [5.41, 5.74) is 2.95. The molecule has 0 spiro atoms. The quantitative estimate of drug-likeness (QED) is 0.384. The molecule has 0 fully saturated rings. The van der Waals surface area contributed by atoms with Crippen LogP contribution in [0.3, 0.4) is 0 Å². The Balaban J connectivity index is 1.77. The normalized spacial score (nSPS) is 10.6. The third kappa shape index (κ3) is 8.51. The lowest BCUT2D eigenvalue weighted by atomic mass is 10.2. The van der Waals surface area contributed by atoms with Gasteiger partial charge in [-0.05, 0) is 56.3 Å². The number of amides is 1. The van der Waals surface area contributed by atoms with Gasteiger partial charge in [-0.2, -0.15) is 0 Å². The fraction of sp³-hybridized carbons (Fsp3) is 0.409. The van der Waals surface area contributed by atoms with E-state index in [0.717, 1.165) is 36.3 Å². The van der Waals surface area contributed by atoms with Gasteiger partial charge in [0.05, 0.1) is 13.7 Å². The molecule has 0 saturated heterocycles. The zero-order chi connectivity index (χ0) is 20.9. The largest absolute Gasteiger partial charge is 0.493 e. The molecule has 2 rings (SSSR count). The van der Waals surface area contributed by atoms with Gasteiger partial charge in [0.1, 0.15) is 0 Å². The second-order valence-corrected chi connectivity index (χ2v) is 6.69. The molecule has 7 heteroatoms. The molecule has 4 N–H and O–H groups in total. The van der Waals surface area contributed by atoms with Crippen molar-refractivity contribution in [3.05, 3.63) is 53.6 Å². The van der Waals surface area contributed by atoms with Crippen molar-refractivity contribution in [3.63, 3.8) is 0 Å². The van der Waals surface area contributed by atoms with Crippen LogP contribution in [0.4, 0.5) is 5.69 Å². The van der Waals surface area contributed by atoms with E-state index in [1.54, 1.807) is 7.11 Å². The number of benzene rings is 2. The highest BCUT2D eigenvalue weighted by Crippen LogP contribution is 2.28. The van der Waals surface area contributed by atoms with Crippen molar-refractivity contribution in [1.29, 1.82) is 0 Å². The summed E-state index contributed by atoms with van der Waals surface area (Å²) in [6.45, 7) is 5.15. The Morgan fingerprint density at radius 1 is 1.00 bits per heavy atom. The first-order valence-electron chi connectivity index (χ1n) is 9.81. The predicted molar refractivity (Wildman–Crippen MR) is 115 cm³/mol. The van der Waals surface area contributed by atoms with Crippen LogP contribution in [-0.4, -0.2) is 51.0 Å². The molecule has 0 atom stereocenters. The molecule has 0 saturated carbocycles. The van der Waals surface area contributed by atoms with Gasteiger partial charge in [0.2, 0.25) is 0 Å². The maximum atomic E-state index is 12.1. The lowest BCUT2D eigenvalue weighted by molar-refractivity contribution is -0.118. The number of aryl methyl sites for hydroxylation is 1. The Morgan fingerprint density at radius 3 is 2.48 bits per heavy atom. The van der Waals surface area contributed by atoms with Crippen LogP contribution in [-0.2, 0) is 11.3 Å². The lowest BCUT2D eigenvalue weighted by Crippen LogP contribution is -2.23. The maximum Gasteiger partial charge on any atom is 0.262 e. The molecule has 0 radical (unpaired) electrons. The molecule has 0 aromatic heterocycles. The number of methoxy groups -OCH3 is 1. The smallest absolute Gasteiger partial charge is 0.262 e. The van der Waals surface area contributed by atoms with Crippen LogP contribution in [0.5, 0.6) is 11.5 Å². The SMILES string of the molecule is COc1cc(CNCCCNCCO)ccc1OCC(=O)Nc1ccc(C)cc1. The fourth-order valence-electron chi connectivity index (χ4n) is 2.69. The summed E-state index contributed by atoms with van der Waals surface area (Å²) < 4.78 is 11.0. The number of hydrogen-bond acceptors (Lipinski definition) is 6. The van der Waals surface area contributed by atoms with Crippen LogP contribution in [0.25, 0.3) is 0 Å². The fourth-order valence-corrected chi connectivity index (χ4v) is 2.69. The minimum absolute atomic E-state index is 0.0946. The molecular formula is C22H31N3O4. The van der Waals surface area contributed by atoms with Gasteiger partial charge in [0, 0.05) is 18.8 Å². The molecular weight excluding hydrogens is 370 g/mol. The summed E-state index contributed by atoms with van der Waals surface area (Å²) in [4.78, 5) is 12.1. The van der Waals surface area contributed by atoms with Crippen molar-refractivity contribution >= 4 is 11.6 Å². The number of hydrogen-bond donors (Lipinski definition) is 4. The van der Waals surface area contributed by atoms with E-state index in [1.165, 1.54) is 0 Å². The molecule has 0 aliphatic carbocycles. The van der Waals surface area contributed by atoms with Gasteiger partial charge in [-0.1, -0.05) is 23.8 Å². The van der Waals surface area contributed by atoms with E-state index >= 15 is 0 Å². The van der Waals surface area contributed by atoms with Gasteiger partial charge in [-0.25, -0.2) is 0 Å². The van der Waals surface area contributed by atoms with Crippen molar-refractivity contribution in [3.8, 4) is 11.5 Å². The summed E-state index contributed by atoms with van der Waals surface area (Å²) >= 11 is 0. The maximum absolute atomic E-state index is 12.1. The molecule has 29 heavy (non-hydrogen) atoms. The molecule has 158 valence electrons. The van der Waals surface area contributed by atoms with Crippen LogP contribution >= 0.6 is 0 Å². The average molecular weight is 402 g/mol. The van der Waals surface area contributed by atoms with Crippen LogP contribution < -0.4 is 25.4 Å². The van der Waals surface area contributed by atoms with E-state index < -0.39 is 0 Å². The number of rotatable bonds is 13. The third-order valence-electron chi connectivity index (χ3n) is 4.25. The zero-order valence-electron chi connectivity index (χ0n) is 17.2. The van der Waals surface area contributed by atoms with Gasteiger partial charge < -0.3 is 30.5 Å². The number of anilines is 1. The number of aliphatic hydroxyl groups is 1. The minimum Gasteiger partial charge on any atom is -0.493 e. The highest BCUT2D eigenvalue weighted by molar-refractivity contribution is 5.91. The molecule has 2 aromatic rings. The zero-order valence-corrected chi connectivity index (χ0v) is 17.2. The first-order chi connectivity index (χ1) is 14.1. The number of carbonyl (C=O) groups excluding carboxylic acids is 1. The Bertz CT molecular complexity index is 750. The highest BCUT2D eigenvalue weighted by Gasteiger charge is 2.09. The van der Waals surface area contributed by atoms with E-state index in [2.05, 4.69) is 16.0 Å². The Kier molecular flexibility index (Phi) is 9.99. The molecule has 0 aliphatic heterocycles. The number of nitrogens with one attached hydrogen (secondary N) is 3. The molecule has 0 heterocycles. The van der Waals surface area contributed by atoms with E-state index in [4.69, 9.17) is 14.6 Å². The summed E-state index contributed by atoms with van der Waals surface area (Å²) in [5, 5.41) is 18.0. The number of carbonyl (C=O) groups is 1. The average Bonchev–Trinajstić information content (AvgIpc) is 2.73. The van der Waals surface area contributed by atoms with Crippen LogP contribution in [0.1, 0.15) is 17.5 Å². The van der Waals surface area contributed by atoms with E-state index in [1.807, 2.05) is 49.4 Å². The molecule has 1 amide bonds. The van der Waals surface area contributed by atoms with E-state index in [0.29, 0.717) is 24.6 Å². The van der Waals surface area contributed by atoms with Crippen LogP contribution in [0.2, 0.25) is 0 Å². The lowest BCUT2D eigenvalue weighted by Gasteiger charge is -2.13. The van der Waals surface area contributed by atoms with Crippen molar-refractivity contribution in [1.82, 2.24) is 10.6 Å². The summed E-state index contributed by atoms with van der Waals surface area (Å²) in [6.07, 6.45) is 0.981. The van der Waals surface area contributed by atoms with Crippen LogP contribution in [0.15, 0.2) is 42.5 Å². The van der Waals surface area contributed by atoms with Gasteiger partial charge in [-0.3, -0.25) is 4.79 Å². The summed E-state index contributed by atoms with van der Waals surface area (Å²) in [5.74, 6) is 0.900. The van der Waals surface area contributed by atoms with E-state index in [9.17, 15) is 4.79 Å². The monoisotopic (exact) mass is 401 g/mol. The van der Waals surface area contributed by atoms with Crippen molar-refractivity contribution in [2.45, 2.75) is 19.9 Å². The Morgan fingerprint density at radius 2 is 1.76 bits per heavy atom. The van der Waals surface area contributed by atoms with Crippen LogP contribution in [0, 0.1) is 6.92 Å². The van der Waals surface area contributed by atoms with Crippen molar-refractivity contribution < 1.29 is 19.4 Å². The molecule has 0 bridgehead atoms. The molecule has 0 unspecified atom stereocenters. The predicted octanol–water partition coefficient (Wildman–Crippen LogP) is 2.08. The first-order valence-corrected chi connectivity index (χ1v) is 9.81. The molecule has 2 aromatic carbocycles. The topological polar surface area (TPSA) is 91.8 Å². The second-order valence-electron chi connectivity index (χ2n) is 6.69. The second kappa shape index (κ2) is 12.8. The molecule has 0 aliphatic rings. The number of aliphatic hydroxyl groups excluding tert-OH is 1. The number of ether oxygens (including phenoxy) is 2. The third-order valence-corrected chi connectivity index (χ3v) is 4.25. The minimum atomic E-state index is -0.226. The van der Waals surface area contributed by atoms with Crippen molar-refractivity contribution in [2.75, 3.05) is 45.3 Å². The van der Waals surface area contributed by atoms with Gasteiger partial charge in [0.25, 0.3) is 5.91 Å². The highest BCUT2D eigenvalue weighted by atomic mass is 16.5. The van der Waals surface area contributed by atoms with Gasteiger partial charge >= 0.3 is 0 Å². The Labute approximate surface area is 172 Å². The van der Waals surface area contributed by atoms with Crippen molar-refractivity contribution in [2.24, 2.45) is 0 Å². The Hall–Kier alpha value is -2.61. The van der Waals surface area contributed by atoms with Gasteiger partial charge in [0.15, 0.2) is 18.1 Å². The van der Waals surface area contributed by atoms with E-state index in [-0.39, 0.29) is 19.1 Å². The summed E-state index contributed by atoms with van der Waals surface area (Å²) in [6, 6.07) is 13.3. The first kappa shape index (κ1) is 22.7.